The SMILES string of the molecule is CCCOCC/C=C/CC[C@@H](C=N)NC(=O)OC(C)(C)C. The second kappa shape index (κ2) is 11.3. The third kappa shape index (κ3) is 13.4. The molecule has 0 aromatic rings. The predicted octanol–water partition coefficient (Wildman–Crippen LogP) is 3.68. The first-order valence-electron chi connectivity index (χ1n) is 7.62. The van der Waals surface area contributed by atoms with Crippen molar-refractivity contribution in [2.24, 2.45) is 0 Å². The van der Waals surface area contributed by atoms with Gasteiger partial charge in [0.2, 0.25) is 0 Å². The van der Waals surface area contributed by atoms with Gasteiger partial charge in [-0.3, -0.25) is 0 Å². The van der Waals surface area contributed by atoms with E-state index in [1.807, 2.05) is 20.8 Å². The Morgan fingerprint density at radius 2 is 1.90 bits per heavy atom. The molecule has 5 nitrogen and oxygen atoms in total. The van der Waals surface area contributed by atoms with Crippen LogP contribution in [0.3, 0.4) is 0 Å². The zero-order chi connectivity index (χ0) is 16.1. The highest BCUT2D eigenvalue weighted by Crippen LogP contribution is 2.07. The zero-order valence-electron chi connectivity index (χ0n) is 13.8. The van der Waals surface area contributed by atoms with Crippen LogP contribution in [0.2, 0.25) is 0 Å². The molecule has 1 atom stereocenters. The molecule has 122 valence electrons. The van der Waals surface area contributed by atoms with Crippen LogP contribution >= 0.6 is 0 Å². The second-order valence-corrected chi connectivity index (χ2v) is 5.87. The normalized spacial score (nSPS) is 13.1. The maximum absolute atomic E-state index is 11.6. The molecule has 0 saturated heterocycles. The van der Waals surface area contributed by atoms with Gasteiger partial charge in [0.05, 0.1) is 12.6 Å². The lowest BCUT2D eigenvalue weighted by molar-refractivity contribution is 0.0517. The third-order valence-corrected chi connectivity index (χ3v) is 2.49. The number of hydrogen-bond acceptors (Lipinski definition) is 4. The molecule has 0 heterocycles. The van der Waals surface area contributed by atoms with Gasteiger partial charge in [-0.15, -0.1) is 0 Å². The van der Waals surface area contributed by atoms with E-state index >= 15 is 0 Å². The molecule has 0 aliphatic carbocycles. The van der Waals surface area contributed by atoms with Gasteiger partial charge in [-0.2, -0.15) is 0 Å². The first kappa shape index (κ1) is 19.6. The lowest BCUT2D eigenvalue weighted by Gasteiger charge is -2.21. The molecule has 0 spiro atoms. The fraction of sp³-hybridized carbons (Fsp3) is 0.750. The highest BCUT2D eigenvalue weighted by atomic mass is 16.6. The van der Waals surface area contributed by atoms with Gasteiger partial charge in [-0.25, -0.2) is 4.79 Å². The molecular formula is C16H30N2O3. The third-order valence-electron chi connectivity index (χ3n) is 2.49. The van der Waals surface area contributed by atoms with Crippen LogP contribution in [0.25, 0.3) is 0 Å². The van der Waals surface area contributed by atoms with Gasteiger partial charge in [-0.1, -0.05) is 19.1 Å². The van der Waals surface area contributed by atoms with Crippen LogP contribution in [-0.2, 0) is 9.47 Å². The van der Waals surface area contributed by atoms with Crippen LogP contribution in [0.1, 0.15) is 53.4 Å². The Balaban J connectivity index is 3.82. The largest absolute Gasteiger partial charge is 0.444 e. The Morgan fingerprint density at radius 1 is 1.24 bits per heavy atom. The summed E-state index contributed by atoms with van der Waals surface area (Å²) in [6.45, 7) is 9.09. The predicted molar refractivity (Wildman–Crippen MR) is 86.0 cm³/mol. The molecule has 21 heavy (non-hydrogen) atoms. The maximum Gasteiger partial charge on any atom is 0.408 e. The summed E-state index contributed by atoms with van der Waals surface area (Å²) in [7, 11) is 0. The van der Waals surface area contributed by atoms with E-state index in [4.69, 9.17) is 14.9 Å². The molecule has 0 unspecified atom stereocenters. The van der Waals surface area contributed by atoms with E-state index in [1.165, 1.54) is 6.21 Å². The number of alkyl carbamates (subject to hydrolysis) is 1. The summed E-state index contributed by atoms with van der Waals surface area (Å²) in [5.74, 6) is 0. The molecule has 0 saturated carbocycles. The van der Waals surface area contributed by atoms with Gasteiger partial charge in [0.15, 0.2) is 0 Å². The molecule has 2 N–H and O–H groups in total. The fourth-order valence-electron chi connectivity index (χ4n) is 1.57. The number of carbonyl (C=O) groups is 1. The number of allylic oxidation sites excluding steroid dienone is 1. The summed E-state index contributed by atoms with van der Waals surface area (Å²) >= 11 is 0. The molecule has 0 radical (unpaired) electrons. The summed E-state index contributed by atoms with van der Waals surface area (Å²) in [5, 5.41) is 10.0. The Labute approximate surface area is 128 Å². The van der Waals surface area contributed by atoms with Gasteiger partial charge in [0.25, 0.3) is 0 Å². The number of rotatable bonds is 10. The number of carbonyl (C=O) groups excluding carboxylic acids is 1. The van der Waals surface area contributed by atoms with Crippen molar-refractivity contribution in [1.29, 1.82) is 5.41 Å². The number of amides is 1. The van der Waals surface area contributed by atoms with Crippen molar-refractivity contribution < 1.29 is 14.3 Å². The van der Waals surface area contributed by atoms with E-state index in [0.29, 0.717) is 6.42 Å². The Hall–Kier alpha value is -1.36. The molecule has 0 aliphatic heterocycles. The molecule has 0 aromatic carbocycles. The maximum atomic E-state index is 11.6. The van der Waals surface area contributed by atoms with Crippen LogP contribution in [0.5, 0.6) is 0 Å². The smallest absolute Gasteiger partial charge is 0.408 e. The molecule has 0 rings (SSSR count). The van der Waals surface area contributed by atoms with Gasteiger partial charge in [0, 0.05) is 12.8 Å². The highest BCUT2D eigenvalue weighted by Gasteiger charge is 2.18. The van der Waals surface area contributed by atoms with E-state index < -0.39 is 11.7 Å². The average molecular weight is 298 g/mol. The zero-order valence-corrected chi connectivity index (χ0v) is 13.8. The van der Waals surface area contributed by atoms with E-state index in [9.17, 15) is 4.79 Å². The van der Waals surface area contributed by atoms with Gasteiger partial charge < -0.3 is 20.2 Å². The first-order chi connectivity index (χ1) is 9.89. The van der Waals surface area contributed by atoms with Crippen molar-refractivity contribution in [3.63, 3.8) is 0 Å². The fourth-order valence-corrected chi connectivity index (χ4v) is 1.57. The minimum atomic E-state index is -0.519. The molecule has 1 amide bonds. The standard InChI is InChI=1S/C16H30N2O3/c1-5-11-20-12-9-7-6-8-10-14(13-17)18-15(19)21-16(2,3)4/h6-7,13-14,17H,5,8-12H2,1-4H3,(H,18,19)/b7-6+,17-13?/t14-/m0/s1. The van der Waals surface area contributed by atoms with Crippen molar-refractivity contribution in [3.8, 4) is 0 Å². The minimum absolute atomic E-state index is 0.291. The van der Waals surface area contributed by atoms with Gasteiger partial charge in [-0.05, 0) is 46.5 Å². The van der Waals surface area contributed by atoms with E-state index in [1.54, 1.807) is 0 Å². The summed E-state index contributed by atoms with van der Waals surface area (Å²) in [4.78, 5) is 11.6. The molecule has 0 bridgehead atoms. The van der Waals surface area contributed by atoms with Crippen molar-refractivity contribution in [3.05, 3.63) is 12.2 Å². The quantitative estimate of drug-likeness (QED) is 0.367. The summed E-state index contributed by atoms with van der Waals surface area (Å²) in [6.07, 6.45) is 8.33. The lowest BCUT2D eigenvalue weighted by atomic mass is 10.1. The van der Waals surface area contributed by atoms with Crippen molar-refractivity contribution in [1.82, 2.24) is 5.32 Å². The van der Waals surface area contributed by atoms with E-state index in [-0.39, 0.29) is 6.04 Å². The van der Waals surface area contributed by atoms with Crippen LogP contribution in [0.15, 0.2) is 12.2 Å². The summed E-state index contributed by atoms with van der Waals surface area (Å²) in [6, 6.07) is -0.291. The average Bonchev–Trinajstić information content (AvgIpc) is 2.38. The Morgan fingerprint density at radius 3 is 2.48 bits per heavy atom. The molecule has 0 aromatic heterocycles. The van der Waals surface area contributed by atoms with Crippen LogP contribution in [-0.4, -0.2) is 37.2 Å². The monoisotopic (exact) mass is 298 g/mol. The Kier molecular flexibility index (Phi) is 10.6. The van der Waals surface area contributed by atoms with Crippen LogP contribution in [0.4, 0.5) is 4.79 Å². The molecular weight excluding hydrogens is 268 g/mol. The van der Waals surface area contributed by atoms with Gasteiger partial charge >= 0.3 is 6.09 Å². The van der Waals surface area contributed by atoms with Crippen molar-refractivity contribution in [2.45, 2.75) is 65.0 Å². The van der Waals surface area contributed by atoms with Crippen LogP contribution in [0, 0.1) is 5.41 Å². The summed E-state index contributed by atoms with van der Waals surface area (Å²) < 4.78 is 10.5. The molecule has 0 aliphatic rings. The van der Waals surface area contributed by atoms with Crippen molar-refractivity contribution >= 4 is 12.3 Å². The minimum Gasteiger partial charge on any atom is -0.444 e. The second-order valence-electron chi connectivity index (χ2n) is 5.87. The van der Waals surface area contributed by atoms with Crippen LogP contribution < -0.4 is 5.32 Å². The number of ether oxygens (including phenoxy) is 2. The highest BCUT2D eigenvalue weighted by molar-refractivity contribution is 5.74. The lowest BCUT2D eigenvalue weighted by Crippen LogP contribution is -2.39. The number of hydrogen-bond donors (Lipinski definition) is 2. The van der Waals surface area contributed by atoms with E-state index in [2.05, 4.69) is 24.4 Å². The summed E-state index contributed by atoms with van der Waals surface area (Å²) in [5.41, 5.74) is -0.519. The molecule has 0 fully saturated rings. The Bertz CT molecular complexity index is 322. The molecule has 5 heteroatoms. The van der Waals surface area contributed by atoms with E-state index in [0.717, 1.165) is 32.5 Å². The first-order valence-corrected chi connectivity index (χ1v) is 7.62. The van der Waals surface area contributed by atoms with Crippen molar-refractivity contribution in [2.75, 3.05) is 13.2 Å². The number of nitrogens with one attached hydrogen (secondary N) is 2. The topological polar surface area (TPSA) is 71.4 Å². The van der Waals surface area contributed by atoms with Gasteiger partial charge in [0.1, 0.15) is 5.60 Å².